The van der Waals surface area contributed by atoms with Gasteiger partial charge in [0.05, 0.1) is 23.1 Å². The molecule has 5 nitrogen and oxygen atoms in total. The summed E-state index contributed by atoms with van der Waals surface area (Å²) in [7, 11) is 1.87. The van der Waals surface area contributed by atoms with Crippen LogP contribution in [0.4, 0.5) is 0 Å². The van der Waals surface area contributed by atoms with Crippen LogP contribution in [0, 0.1) is 0 Å². The topological polar surface area (TPSA) is 58.9 Å². The molecule has 0 aliphatic rings. The van der Waals surface area contributed by atoms with E-state index in [-0.39, 0.29) is 30.3 Å². The number of carbonyl (C=O) groups excluding carboxylic acids is 1. The number of likely N-dealkylation sites (N-methyl/N-ethyl adjacent to an activating group) is 1. The molecular formula is C17H24Cl2N4O. The molecule has 24 heavy (non-hydrogen) atoms. The number of hydrogen-bond acceptors (Lipinski definition) is 3. The average Bonchev–Trinajstić information content (AvgIpc) is 2.98. The van der Waals surface area contributed by atoms with Crippen molar-refractivity contribution in [2.45, 2.75) is 32.7 Å². The van der Waals surface area contributed by atoms with Crippen LogP contribution in [0.5, 0.6) is 0 Å². The van der Waals surface area contributed by atoms with Crippen molar-refractivity contribution in [2.75, 3.05) is 13.6 Å². The van der Waals surface area contributed by atoms with Gasteiger partial charge in [0.1, 0.15) is 0 Å². The van der Waals surface area contributed by atoms with Crippen LogP contribution in [-0.2, 0) is 0 Å². The van der Waals surface area contributed by atoms with E-state index in [1.54, 1.807) is 10.9 Å². The Morgan fingerprint density at radius 2 is 1.88 bits per heavy atom. The van der Waals surface area contributed by atoms with E-state index < -0.39 is 0 Å². The summed E-state index contributed by atoms with van der Waals surface area (Å²) in [5, 5.41) is 11.1. The van der Waals surface area contributed by atoms with Gasteiger partial charge in [0.2, 0.25) is 0 Å². The summed E-state index contributed by atoms with van der Waals surface area (Å²) in [6.07, 6.45) is 1.63. The molecule has 7 heteroatoms. The molecule has 2 N–H and O–H groups in total. The number of halogens is 2. The Morgan fingerprint density at radius 1 is 1.25 bits per heavy atom. The SMILES string of the molecule is CNC(C)CNC(=O)c1cnn(-c2ccc(Cl)cc2)c1C(C)C.Cl. The van der Waals surface area contributed by atoms with E-state index in [0.29, 0.717) is 17.1 Å². The van der Waals surface area contributed by atoms with Gasteiger partial charge in [0.15, 0.2) is 0 Å². The van der Waals surface area contributed by atoms with Crippen LogP contribution in [-0.4, -0.2) is 35.3 Å². The Bertz CT molecular complexity index is 668. The number of benzene rings is 1. The maximum absolute atomic E-state index is 12.5. The predicted molar refractivity (Wildman–Crippen MR) is 101 cm³/mol. The molecule has 0 bridgehead atoms. The third-order valence-electron chi connectivity index (χ3n) is 3.73. The van der Waals surface area contributed by atoms with E-state index in [9.17, 15) is 4.79 Å². The molecule has 2 rings (SSSR count). The van der Waals surface area contributed by atoms with E-state index in [1.165, 1.54) is 0 Å². The molecule has 1 aromatic heterocycles. The van der Waals surface area contributed by atoms with Crippen LogP contribution < -0.4 is 10.6 Å². The van der Waals surface area contributed by atoms with Crippen molar-refractivity contribution in [1.82, 2.24) is 20.4 Å². The monoisotopic (exact) mass is 370 g/mol. The van der Waals surface area contributed by atoms with Gasteiger partial charge in [-0.25, -0.2) is 4.68 Å². The summed E-state index contributed by atoms with van der Waals surface area (Å²) in [5.41, 5.74) is 2.39. The number of nitrogens with zero attached hydrogens (tertiary/aromatic N) is 2. The Balaban J connectivity index is 0.00000288. The lowest BCUT2D eigenvalue weighted by Crippen LogP contribution is -2.37. The highest BCUT2D eigenvalue weighted by atomic mass is 35.5. The van der Waals surface area contributed by atoms with Crippen molar-refractivity contribution >= 4 is 29.9 Å². The molecular weight excluding hydrogens is 347 g/mol. The largest absolute Gasteiger partial charge is 0.350 e. The number of nitrogens with one attached hydrogen (secondary N) is 2. The van der Waals surface area contributed by atoms with Gasteiger partial charge in [0.25, 0.3) is 5.91 Å². The quantitative estimate of drug-likeness (QED) is 0.818. The minimum Gasteiger partial charge on any atom is -0.350 e. The fourth-order valence-electron chi connectivity index (χ4n) is 2.32. The Hall–Kier alpha value is -1.56. The molecule has 0 radical (unpaired) electrons. The first-order valence-corrected chi connectivity index (χ1v) is 8.11. The number of amides is 1. The maximum atomic E-state index is 12.5. The summed E-state index contributed by atoms with van der Waals surface area (Å²) in [6.45, 7) is 6.69. The lowest BCUT2D eigenvalue weighted by molar-refractivity contribution is 0.0949. The molecule has 0 aliphatic carbocycles. The van der Waals surface area contributed by atoms with Gasteiger partial charge in [-0.1, -0.05) is 25.4 Å². The summed E-state index contributed by atoms with van der Waals surface area (Å²) in [4.78, 5) is 12.5. The highest BCUT2D eigenvalue weighted by Gasteiger charge is 2.21. The fourth-order valence-corrected chi connectivity index (χ4v) is 2.45. The lowest BCUT2D eigenvalue weighted by atomic mass is 10.0. The average molecular weight is 371 g/mol. The summed E-state index contributed by atoms with van der Waals surface area (Å²) < 4.78 is 1.80. The Kier molecular flexibility index (Phi) is 7.73. The second-order valence-corrected chi connectivity index (χ2v) is 6.32. The first-order chi connectivity index (χ1) is 10.9. The number of carbonyl (C=O) groups is 1. The standard InChI is InChI=1S/C17H23ClN4O.ClH/c1-11(2)16-15(17(23)20-9-12(3)19-4)10-21-22(16)14-7-5-13(18)6-8-14;/h5-8,10-12,19H,9H2,1-4H3,(H,20,23);1H. The van der Waals surface area contributed by atoms with Crippen LogP contribution in [0.15, 0.2) is 30.5 Å². The minimum absolute atomic E-state index is 0. The number of hydrogen-bond donors (Lipinski definition) is 2. The highest BCUT2D eigenvalue weighted by Crippen LogP contribution is 2.23. The lowest BCUT2D eigenvalue weighted by Gasteiger charge is -2.14. The normalized spacial score (nSPS) is 11.9. The molecule has 0 aliphatic heterocycles. The molecule has 0 saturated carbocycles. The van der Waals surface area contributed by atoms with Gasteiger partial charge in [-0.05, 0) is 44.2 Å². The van der Waals surface area contributed by atoms with Gasteiger partial charge in [-0.3, -0.25) is 4.79 Å². The van der Waals surface area contributed by atoms with Crippen LogP contribution in [0.25, 0.3) is 5.69 Å². The summed E-state index contributed by atoms with van der Waals surface area (Å²) in [6, 6.07) is 7.64. The van der Waals surface area contributed by atoms with Crippen molar-refractivity contribution in [2.24, 2.45) is 0 Å². The minimum atomic E-state index is -0.101. The molecule has 1 atom stereocenters. The van der Waals surface area contributed by atoms with Crippen molar-refractivity contribution in [3.63, 3.8) is 0 Å². The van der Waals surface area contributed by atoms with E-state index in [4.69, 9.17) is 11.6 Å². The van der Waals surface area contributed by atoms with Crippen LogP contribution >= 0.6 is 24.0 Å². The van der Waals surface area contributed by atoms with E-state index >= 15 is 0 Å². The van der Waals surface area contributed by atoms with Crippen LogP contribution in [0.1, 0.15) is 42.7 Å². The number of aromatic nitrogens is 2. The molecule has 0 saturated heterocycles. The smallest absolute Gasteiger partial charge is 0.254 e. The van der Waals surface area contributed by atoms with E-state index in [1.807, 2.05) is 38.2 Å². The maximum Gasteiger partial charge on any atom is 0.254 e. The van der Waals surface area contributed by atoms with Crippen LogP contribution in [0.3, 0.4) is 0 Å². The number of rotatable bonds is 6. The Morgan fingerprint density at radius 3 is 2.42 bits per heavy atom. The summed E-state index contributed by atoms with van der Waals surface area (Å²) in [5.74, 6) is 0.0617. The molecule has 132 valence electrons. The van der Waals surface area contributed by atoms with Gasteiger partial charge in [-0.15, -0.1) is 12.4 Å². The highest BCUT2D eigenvalue weighted by molar-refractivity contribution is 6.30. The molecule has 0 spiro atoms. The second-order valence-electron chi connectivity index (χ2n) is 5.89. The molecule has 1 heterocycles. The molecule has 1 unspecified atom stereocenters. The third kappa shape index (κ3) is 4.72. The molecule has 1 aromatic carbocycles. The molecule has 0 fully saturated rings. The van der Waals surface area contributed by atoms with Crippen LogP contribution in [0.2, 0.25) is 5.02 Å². The fraction of sp³-hybridized carbons (Fsp3) is 0.412. The van der Waals surface area contributed by atoms with Gasteiger partial charge in [0, 0.05) is 17.6 Å². The summed E-state index contributed by atoms with van der Waals surface area (Å²) >= 11 is 5.94. The zero-order valence-electron chi connectivity index (χ0n) is 14.3. The first-order valence-electron chi connectivity index (χ1n) is 7.73. The van der Waals surface area contributed by atoms with Crippen molar-refractivity contribution in [3.05, 3.63) is 46.7 Å². The third-order valence-corrected chi connectivity index (χ3v) is 3.98. The van der Waals surface area contributed by atoms with Crippen molar-refractivity contribution in [3.8, 4) is 5.69 Å². The first kappa shape index (κ1) is 20.5. The van der Waals surface area contributed by atoms with Gasteiger partial charge in [-0.2, -0.15) is 5.10 Å². The van der Waals surface area contributed by atoms with E-state index in [0.717, 1.165) is 11.4 Å². The van der Waals surface area contributed by atoms with Crippen molar-refractivity contribution in [1.29, 1.82) is 0 Å². The zero-order valence-corrected chi connectivity index (χ0v) is 15.9. The molecule has 2 aromatic rings. The second kappa shape index (κ2) is 9.06. The zero-order chi connectivity index (χ0) is 17.0. The van der Waals surface area contributed by atoms with Crippen molar-refractivity contribution < 1.29 is 4.79 Å². The van der Waals surface area contributed by atoms with Gasteiger partial charge >= 0.3 is 0 Å². The predicted octanol–water partition coefficient (Wildman–Crippen LogP) is 3.41. The molecule has 1 amide bonds. The van der Waals surface area contributed by atoms with Gasteiger partial charge < -0.3 is 10.6 Å². The van der Waals surface area contributed by atoms with E-state index in [2.05, 4.69) is 29.6 Å². The Labute approximate surface area is 154 Å².